The summed E-state index contributed by atoms with van der Waals surface area (Å²) in [5, 5.41) is 11.8. The molecule has 1 aliphatic rings. The first-order valence-electron chi connectivity index (χ1n) is 12.3. The number of carbonyl (C=O) groups is 2. The fourth-order valence-corrected chi connectivity index (χ4v) is 4.27. The Morgan fingerprint density at radius 3 is 2.74 bits per heavy atom. The van der Waals surface area contributed by atoms with Gasteiger partial charge in [-0.05, 0) is 48.6 Å². The summed E-state index contributed by atoms with van der Waals surface area (Å²) in [4.78, 5) is 31.9. The number of carbonyl (C=O) groups excluding carboxylic acids is 2. The third-order valence-electron chi connectivity index (χ3n) is 6.31. The molecule has 2 atom stereocenters. The van der Waals surface area contributed by atoms with E-state index in [2.05, 4.69) is 27.9 Å². The van der Waals surface area contributed by atoms with Crippen LogP contribution < -0.4 is 21.7 Å². The monoisotopic (exact) mass is 466 g/mol. The van der Waals surface area contributed by atoms with E-state index < -0.39 is 0 Å². The molecular formula is C26H38N6O2. The molecule has 0 spiro atoms. The highest BCUT2D eigenvalue weighted by Crippen LogP contribution is 2.16. The molecule has 8 nitrogen and oxygen atoms in total. The molecule has 34 heavy (non-hydrogen) atoms. The molecule has 0 radical (unpaired) electrons. The topological polar surface area (TPSA) is 112 Å². The fourth-order valence-electron chi connectivity index (χ4n) is 4.27. The molecule has 3 rings (SSSR count). The van der Waals surface area contributed by atoms with Crippen LogP contribution in [0.5, 0.6) is 0 Å². The van der Waals surface area contributed by atoms with Gasteiger partial charge in [-0.2, -0.15) is 0 Å². The molecule has 2 amide bonds. The normalized spacial score (nSPS) is 19.2. The van der Waals surface area contributed by atoms with Crippen molar-refractivity contribution in [3.05, 3.63) is 48.0 Å². The number of hydrogen-bond donors (Lipinski definition) is 4. The van der Waals surface area contributed by atoms with Crippen molar-refractivity contribution >= 4 is 28.5 Å². The molecule has 1 heterocycles. The molecule has 0 saturated carbocycles. The van der Waals surface area contributed by atoms with Gasteiger partial charge in [0.25, 0.3) is 5.91 Å². The van der Waals surface area contributed by atoms with Gasteiger partial charge in [-0.15, -0.1) is 0 Å². The van der Waals surface area contributed by atoms with E-state index in [9.17, 15) is 9.59 Å². The Morgan fingerprint density at radius 2 is 1.97 bits per heavy atom. The summed E-state index contributed by atoms with van der Waals surface area (Å²) in [5.74, 6) is 0.453. The zero-order valence-electron chi connectivity index (χ0n) is 20.3. The average molecular weight is 467 g/mol. The van der Waals surface area contributed by atoms with Gasteiger partial charge in [-0.1, -0.05) is 43.7 Å². The number of hydrogen-bond acceptors (Lipinski definition) is 4. The molecule has 0 bridgehead atoms. The number of amides is 2. The van der Waals surface area contributed by atoms with E-state index in [4.69, 9.17) is 5.73 Å². The largest absolute Gasteiger partial charge is 0.370 e. The number of nitrogens with one attached hydrogen (secondary N) is 3. The lowest BCUT2D eigenvalue weighted by atomic mass is 10.1. The first-order valence-corrected chi connectivity index (χ1v) is 12.3. The van der Waals surface area contributed by atoms with Crippen LogP contribution in [0.2, 0.25) is 0 Å². The molecule has 0 aromatic heterocycles. The van der Waals surface area contributed by atoms with Crippen LogP contribution in [-0.2, 0) is 4.79 Å². The molecule has 2 aromatic rings. The highest BCUT2D eigenvalue weighted by atomic mass is 16.2. The van der Waals surface area contributed by atoms with Gasteiger partial charge in [-0.3, -0.25) is 14.6 Å². The standard InChI is InChI=1S/C26H38N6O2/c1-3-4-15-32-16-13-22(31-23(25(32)34)10-7-14-29-26(27)28-2)18-30-24(33)21-12-11-19-8-5-6-9-20(19)17-21/h5-6,8-9,11-12,17,22-23,31H,3-4,7,10,13-16,18H2,1-2H3,(H,30,33)(H3,27,28,29). The SMILES string of the molecule is CCCCN1CCC(CNC(=O)c2ccc3ccccc3c2)NC(CCCNC(N)=NC)C1=O. The van der Waals surface area contributed by atoms with Crippen molar-refractivity contribution in [2.45, 2.75) is 51.1 Å². The second-order valence-corrected chi connectivity index (χ2v) is 8.83. The first kappa shape index (κ1) is 25.5. The summed E-state index contributed by atoms with van der Waals surface area (Å²) < 4.78 is 0. The van der Waals surface area contributed by atoms with Crippen LogP contribution in [0.15, 0.2) is 47.5 Å². The molecular weight excluding hydrogens is 428 g/mol. The van der Waals surface area contributed by atoms with Crippen LogP contribution in [0.4, 0.5) is 0 Å². The zero-order valence-corrected chi connectivity index (χ0v) is 20.3. The predicted molar refractivity (Wildman–Crippen MR) is 138 cm³/mol. The highest BCUT2D eigenvalue weighted by Gasteiger charge is 2.30. The van der Waals surface area contributed by atoms with Crippen LogP contribution in [0, 0.1) is 0 Å². The smallest absolute Gasteiger partial charge is 0.251 e. The van der Waals surface area contributed by atoms with Gasteiger partial charge in [-0.25, -0.2) is 0 Å². The number of fused-ring (bicyclic) bond motifs is 1. The molecule has 2 aromatic carbocycles. The maximum atomic E-state index is 13.2. The lowest BCUT2D eigenvalue weighted by molar-refractivity contribution is -0.132. The maximum absolute atomic E-state index is 13.2. The van der Waals surface area contributed by atoms with Crippen LogP contribution in [-0.4, -0.2) is 68.0 Å². The predicted octanol–water partition coefficient (Wildman–Crippen LogP) is 2.24. The molecule has 1 aliphatic heterocycles. The van der Waals surface area contributed by atoms with Crippen molar-refractivity contribution in [2.24, 2.45) is 10.7 Å². The Hall–Kier alpha value is -3.13. The van der Waals surface area contributed by atoms with Crippen LogP contribution in [0.25, 0.3) is 10.8 Å². The third-order valence-corrected chi connectivity index (χ3v) is 6.31. The summed E-state index contributed by atoms with van der Waals surface area (Å²) >= 11 is 0. The van der Waals surface area contributed by atoms with Gasteiger partial charge in [0.15, 0.2) is 5.96 Å². The Balaban J connectivity index is 1.60. The van der Waals surface area contributed by atoms with Gasteiger partial charge in [0, 0.05) is 44.8 Å². The zero-order chi connectivity index (χ0) is 24.3. The highest BCUT2D eigenvalue weighted by molar-refractivity contribution is 5.98. The van der Waals surface area contributed by atoms with Crippen molar-refractivity contribution in [1.29, 1.82) is 0 Å². The van der Waals surface area contributed by atoms with Crippen molar-refractivity contribution in [3.63, 3.8) is 0 Å². The van der Waals surface area contributed by atoms with Gasteiger partial charge >= 0.3 is 0 Å². The van der Waals surface area contributed by atoms with E-state index in [1.54, 1.807) is 7.05 Å². The second kappa shape index (κ2) is 12.9. The minimum absolute atomic E-state index is 0.0280. The minimum atomic E-state index is -0.275. The summed E-state index contributed by atoms with van der Waals surface area (Å²) in [6, 6.07) is 13.5. The van der Waals surface area contributed by atoms with Crippen LogP contribution in [0.3, 0.4) is 0 Å². The minimum Gasteiger partial charge on any atom is -0.370 e. The van der Waals surface area contributed by atoms with Crippen molar-refractivity contribution in [2.75, 3.05) is 33.2 Å². The number of benzene rings is 2. The summed E-state index contributed by atoms with van der Waals surface area (Å²) in [6.07, 6.45) is 4.33. The number of nitrogens with two attached hydrogens (primary N) is 1. The number of nitrogens with zero attached hydrogens (tertiary/aromatic N) is 2. The summed E-state index contributed by atoms with van der Waals surface area (Å²) in [5.41, 5.74) is 6.34. The van der Waals surface area contributed by atoms with Gasteiger partial charge in [0.2, 0.25) is 5.91 Å². The Morgan fingerprint density at radius 1 is 1.18 bits per heavy atom. The quantitative estimate of drug-likeness (QED) is 0.244. The van der Waals surface area contributed by atoms with Crippen molar-refractivity contribution in [1.82, 2.24) is 20.9 Å². The van der Waals surface area contributed by atoms with E-state index in [1.807, 2.05) is 47.4 Å². The first-order chi connectivity index (χ1) is 16.5. The van der Waals surface area contributed by atoms with E-state index in [1.165, 1.54) is 0 Å². The van der Waals surface area contributed by atoms with Crippen LogP contribution >= 0.6 is 0 Å². The molecule has 8 heteroatoms. The fraction of sp³-hybridized carbons (Fsp3) is 0.500. The van der Waals surface area contributed by atoms with Gasteiger partial charge in [0.05, 0.1) is 6.04 Å². The molecule has 0 aliphatic carbocycles. The third kappa shape index (κ3) is 7.18. The maximum Gasteiger partial charge on any atom is 0.251 e. The molecule has 5 N–H and O–H groups in total. The summed E-state index contributed by atoms with van der Waals surface area (Å²) in [7, 11) is 1.64. The second-order valence-electron chi connectivity index (χ2n) is 8.83. The lowest BCUT2D eigenvalue weighted by Crippen LogP contribution is -2.49. The molecule has 184 valence electrons. The van der Waals surface area contributed by atoms with E-state index in [0.717, 1.165) is 43.0 Å². The van der Waals surface area contributed by atoms with Gasteiger partial charge in [0.1, 0.15) is 0 Å². The van der Waals surface area contributed by atoms with Crippen molar-refractivity contribution < 1.29 is 9.59 Å². The van der Waals surface area contributed by atoms with E-state index in [-0.39, 0.29) is 23.9 Å². The van der Waals surface area contributed by atoms with Gasteiger partial charge < -0.3 is 26.6 Å². The average Bonchev–Trinajstić information content (AvgIpc) is 3.01. The Kier molecular flexibility index (Phi) is 9.70. The van der Waals surface area contributed by atoms with E-state index >= 15 is 0 Å². The summed E-state index contributed by atoms with van der Waals surface area (Å²) in [6.45, 7) is 4.75. The molecule has 1 fully saturated rings. The number of unbranched alkanes of at least 4 members (excludes halogenated alkanes) is 1. The lowest BCUT2D eigenvalue weighted by Gasteiger charge is -2.24. The van der Waals surface area contributed by atoms with Crippen LogP contribution in [0.1, 0.15) is 49.4 Å². The van der Waals surface area contributed by atoms with Crippen molar-refractivity contribution in [3.8, 4) is 0 Å². The molecule has 1 saturated heterocycles. The number of guanidine groups is 1. The number of rotatable bonds is 10. The number of aliphatic imine (C=N–C) groups is 1. The Bertz CT molecular complexity index is 992. The molecule has 2 unspecified atom stereocenters. The Labute approximate surface area is 202 Å². The van der Waals surface area contributed by atoms with E-state index in [0.29, 0.717) is 37.6 Å².